The van der Waals surface area contributed by atoms with Crippen molar-refractivity contribution < 1.29 is 18.6 Å². The Morgan fingerprint density at radius 3 is 2.59 bits per heavy atom. The summed E-state index contributed by atoms with van der Waals surface area (Å²) >= 11 is 0. The first-order valence-corrected chi connectivity index (χ1v) is 14.6. The molecule has 0 radical (unpaired) electrons. The van der Waals surface area contributed by atoms with Gasteiger partial charge in [0.05, 0.1) is 29.6 Å². The summed E-state index contributed by atoms with van der Waals surface area (Å²) in [6.45, 7) is 6.43. The van der Waals surface area contributed by atoms with Crippen molar-refractivity contribution in [3.8, 4) is 0 Å². The van der Waals surface area contributed by atoms with Crippen LogP contribution in [0.25, 0.3) is 11.0 Å². The summed E-state index contributed by atoms with van der Waals surface area (Å²) in [4.78, 5) is 15.2. The number of nitrogens with zero attached hydrogens (tertiary/aromatic N) is 5. The normalized spacial score (nSPS) is 16.9. The summed E-state index contributed by atoms with van der Waals surface area (Å²) in [6, 6.07) is 19.6. The third-order valence-corrected chi connectivity index (χ3v) is 9.59. The molecule has 1 aromatic heterocycles. The Morgan fingerprint density at radius 2 is 1.82 bits per heavy atom. The molecule has 3 aromatic carbocycles. The SMILES string of the molecule is CCN1CCN(Cc2cc(C(CC(=O)OC)c3ccc4c(c3)nnn4C)ccc2C)S(O)(O)c2ccccc21. The number of hydrogen-bond acceptors (Lipinski definition) is 8. The lowest BCUT2D eigenvalue weighted by Gasteiger charge is -2.42. The van der Waals surface area contributed by atoms with Crippen molar-refractivity contribution in [1.29, 1.82) is 0 Å². The zero-order chi connectivity index (χ0) is 27.7. The van der Waals surface area contributed by atoms with Crippen LogP contribution in [0, 0.1) is 6.92 Å². The number of para-hydroxylation sites is 1. The van der Waals surface area contributed by atoms with Crippen LogP contribution in [0.3, 0.4) is 0 Å². The van der Waals surface area contributed by atoms with Gasteiger partial charge in [0.15, 0.2) is 0 Å². The van der Waals surface area contributed by atoms with Gasteiger partial charge in [0.25, 0.3) is 0 Å². The van der Waals surface area contributed by atoms with Crippen LogP contribution < -0.4 is 4.90 Å². The number of carbonyl (C=O) groups excluding carboxylic acids is 1. The maximum absolute atomic E-state index is 12.5. The predicted molar refractivity (Wildman–Crippen MR) is 154 cm³/mol. The Labute approximate surface area is 230 Å². The number of aryl methyl sites for hydroxylation is 2. The average molecular weight is 550 g/mol. The molecule has 9 nitrogen and oxygen atoms in total. The van der Waals surface area contributed by atoms with Gasteiger partial charge in [-0.1, -0.05) is 41.6 Å². The van der Waals surface area contributed by atoms with Gasteiger partial charge in [0, 0.05) is 39.1 Å². The van der Waals surface area contributed by atoms with Crippen molar-refractivity contribution in [2.24, 2.45) is 7.05 Å². The molecule has 4 aromatic rings. The van der Waals surface area contributed by atoms with Gasteiger partial charge in [0.1, 0.15) is 5.52 Å². The van der Waals surface area contributed by atoms with Crippen LogP contribution in [0.5, 0.6) is 0 Å². The second-order valence-corrected chi connectivity index (χ2v) is 11.9. The fourth-order valence-electron chi connectivity index (χ4n) is 5.29. The van der Waals surface area contributed by atoms with Crippen LogP contribution >= 0.6 is 10.8 Å². The van der Waals surface area contributed by atoms with Crippen molar-refractivity contribution in [3.63, 3.8) is 0 Å². The number of benzene rings is 3. The molecule has 2 N–H and O–H groups in total. The molecule has 39 heavy (non-hydrogen) atoms. The zero-order valence-corrected chi connectivity index (χ0v) is 23.6. The molecule has 0 bridgehead atoms. The summed E-state index contributed by atoms with van der Waals surface area (Å²) in [7, 11) is 0.0345. The number of esters is 1. The quantitative estimate of drug-likeness (QED) is 0.298. The second kappa shape index (κ2) is 11.0. The number of hydrogen-bond donors (Lipinski definition) is 2. The first kappa shape index (κ1) is 27.1. The maximum atomic E-state index is 12.5. The molecule has 0 aliphatic carbocycles. The highest BCUT2D eigenvalue weighted by atomic mass is 32.3. The number of fused-ring (bicyclic) bond motifs is 2. The minimum absolute atomic E-state index is 0.169. The van der Waals surface area contributed by atoms with E-state index in [0.29, 0.717) is 24.5 Å². The van der Waals surface area contributed by atoms with Crippen molar-refractivity contribution in [3.05, 3.63) is 82.9 Å². The Morgan fingerprint density at radius 1 is 1.08 bits per heavy atom. The van der Waals surface area contributed by atoms with Gasteiger partial charge in [-0.15, -0.1) is 15.9 Å². The number of likely N-dealkylation sites (N-methyl/N-ethyl adjacent to an activating group) is 1. The highest BCUT2D eigenvalue weighted by Crippen LogP contribution is 2.57. The van der Waals surface area contributed by atoms with E-state index in [2.05, 4.69) is 28.2 Å². The molecule has 1 aliphatic rings. The van der Waals surface area contributed by atoms with E-state index in [-0.39, 0.29) is 18.3 Å². The summed E-state index contributed by atoms with van der Waals surface area (Å²) in [5.41, 5.74) is 6.44. The molecule has 0 amide bonds. The lowest BCUT2D eigenvalue weighted by atomic mass is 9.86. The molecule has 5 rings (SSSR count). The van der Waals surface area contributed by atoms with E-state index in [1.54, 1.807) is 8.99 Å². The zero-order valence-electron chi connectivity index (χ0n) is 22.7. The monoisotopic (exact) mass is 549 g/mol. The van der Waals surface area contributed by atoms with Crippen LogP contribution in [0.2, 0.25) is 0 Å². The number of methoxy groups -OCH3 is 1. The number of anilines is 1. The number of rotatable bonds is 7. The first-order valence-electron chi connectivity index (χ1n) is 13.1. The van der Waals surface area contributed by atoms with E-state index in [1.807, 2.05) is 68.6 Å². The third-order valence-electron chi connectivity index (χ3n) is 7.62. The Bertz CT molecular complexity index is 1500. The van der Waals surface area contributed by atoms with Crippen LogP contribution in [0.4, 0.5) is 5.69 Å². The van der Waals surface area contributed by atoms with Crippen LogP contribution in [0.1, 0.15) is 41.5 Å². The maximum Gasteiger partial charge on any atom is 0.306 e. The largest absolute Gasteiger partial charge is 0.469 e. The lowest BCUT2D eigenvalue weighted by molar-refractivity contribution is -0.140. The van der Waals surface area contributed by atoms with Crippen molar-refractivity contribution in [2.45, 2.75) is 37.6 Å². The fourth-order valence-corrected chi connectivity index (χ4v) is 6.96. The van der Waals surface area contributed by atoms with Crippen molar-refractivity contribution in [2.75, 3.05) is 31.6 Å². The van der Waals surface area contributed by atoms with Gasteiger partial charge in [-0.05, 0) is 60.4 Å². The highest BCUT2D eigenvalue weighted by molar-refractivity contribution is 8.22. The van der Waals surface area contributed by atoms with E-state index in [9.17, 15) is 13.9 Å². The number of carbonyl (C=O) groups is 1. The minimum Gasteiger partial charge on any atom is -0.469 e. The summed E-state index contributed by atoms with van der Waals surface area (Å²) < 4.78 is 31.6. The molecule has 1 unspecified atom stereocenters. The fraction of sp³-hybridized carbons (Fsp3) is 0.345. The molecular formula is C29H35N5O4S. The van der Waals surface area contributed by atoms with E-state index in [1.165, 1.54) is 7.11 Å². The molecule has 0 saturated heterocycles. The minimum atomic E-state index is -3.21. The van der Waals surface area contributed by atoms with Crippen LogP contribution in [-0.4, -0.2) is 61.1 Å². The van der Waals surface area contributed by atoms with E-state index < -0.39 is 10.8 Å². The van der Waals surface area contributed by atoms with Gasteiger partial charge in [-0.3, -0.25) is 13.9 Å². The van der Waals surface area contributed by atoms with E-state index >= 15 is 0 Å². The number of aromatic nitrogens is 3. The summed E-state index contributed by atoms with van der Waals surface area (Å²) in [6.07, 6.45) is 0.169. The lowest BCUT2D eigenvalue weighted by Crippen LogP contribution is -2.32. The van der Waals surface area contributed by atoms with Crippen molar-refractivity contribution in [1.82, 2.24) is 19.3 Å². The Kier molecular flexibility index (Phi) is 7.64. The van der Waals surface area contributed by atoms with Gasteiger partial charge in [-0.2, -0.15) is 4.31 Å². The van der Waals surface area contributed by atoms with E-state index in [4.69, 9.17) is 4.74 Å². The average Bonchev–Trinajstić information content (AvgIpc) is 3.27. The molecule has 2 heterocycles. The molecule has 1 atom stereocenters. The first-order chi connectivity index (χ1) is 18.7. The van der Waals surface area contributed by atoms with Crippen LogP contribution in [-0.2, 0) is 23.1 Å². The third kappa shape index (κ3) is 5.25. The van der Waals surface area contributed by atoms with Gasteiger partial charge in [-0.25, -0.2) is 4.68 Å². The summed E-state index contributed by atoms with van der Waals surface area (Å²) in [5, 5.41) is 8.36. The molecule has 0 fully saturated rings. The van der Waals surface area contributed by atoms with Crippen LogP contribution in [0.15, 0.2) is 65.6 Å². The molecule has 0 spiro atoms. The molecular weight excluding hydrogens is 514 g/mol. The second-order valence-electron chi connectivity index (χ2n) is 9.91. The smallest absolute Gasteiger partial charge is 0.306 e. The Balaban J connectivity index is 1.51. The predicted octanol–water partition coefficient (Wildman–Crippen LogP) is 5.34. The number of ether oxygens (including phenoxy) is 1. The molecule has 1 aliphatic heterocycles. The topological polar surface area (TPSA) is 104 Å². The molecule has 0 saturated carbocycles. The molecule has 206 valence electrons. The summed E-state index contributed by atoms with van der Waals surface area (Å²) in [5.74, 6) is -0.566. The van der Waals surface area contributed by atoms with Gasteiger partial charge < -0.3 is 9.64 Å². The highest BCUT2D eigenvalue weighted by Gasteiger charge is 2.33. The van der Waals surface area contributed by atoms with Gasteiger partial charge >= 0.3 is 5.97 Å². The molecule has 10 heteroatoms. The van der Waals surface area contributed by atoms with Crippen molar-refractivity contribution >= 4 is 33.5 Å². The standard InChI is InChI=1S/C29H35N5O4S/c1-5-33-14-15-34(39(36,37)28-9-7-6-8-27(28)33)19-23-16-21(11-10-20(23)2)24(18-29(35)38-4)22-12-13-26-25(17-22)30-31-32(26)3/h6-13,16-17,24,36-37H,5,14-15,18-19H2,1-4H3. The Hall–Kier alpha value is -3.44. The van der Waals surface area contributed by atoms with E-state index in [0.717, 1.165) is 45.5 Å². The van der Waals surface area contributed by atoms with Gasteiger partial charge in [0.2, 0.25) is 0 Å².